The van der Waals surface area contributed by atoms with E-state index >= 15 is 0 Å². The van der Waals surface area contributed by atoms with Crippen LogP contribution in [0.2, 0.25) is 0 Å². The molecule has 2 rings (SSSR count). The zero-order valence-electron chi connectivity index (χ0n) is 13.2. The molecule has 1 saturated heterocycles. The van der Waals surface area contributed by atoms with Crippen LogP contribution in [0.3, 0.4) is 0 Å². The van der Waals surface area contributed by atoms with Crippen molar-refractivity contribution >= 4 is 11.9 Å². The summed E-state index contributed by atoms with van der Waals surface area (Å²) in [7, 11) is 1.34. The number of nitrogens with zero attached hydrogens (tertiary/aromatic N) is 1. The van der Waals surface area contributed by atoms with Gasteiger partial charge in [-0.2, -0.15) is 0 Å². The molecule has 1 aromatic rings. The molecular formula is C16H23NO5. The van der Waals surface area contributed by atoms with E-state index in [-0.39, 0.29) is 24.4 Å². The van der Waals surface area contributed by atoms with Crippen molar-refractivity contribution in [2.24, 2.45) is 0 Å². The number of rotatable bonds is 7. The fourth-order valence-corrected chi connectivity index (χ4v) is 2.48. The van der Waals surface area contributed by atoms with Crippen molar-refractivity contribution in [3.05, 3.63) is 23.7 Å². The molecule has 1 amide bonds. The van der Waals surface area contributed by atoms with Gasteiger partial charge in [-0.25, -0.2) is 0 Å². The molecule has 2 heterocycles. The fraction of sp³-hybridized carbons (Fsp3) is 0.625. The van der Waals surface area contributed by atoms with Gasteiger partial charge in [0.1, 0.15) is 5.76 Å². The van der Waals surface area contributed by atoms with Gasteiger partial charge in [0.05, 0.1) is 19.6 Å². The first-order valence-electron chi connectivity index (χ1n) is 7.70. The first-order valence-corrected chi connectivity index (χ1v) is 7.70. The number of hydrogen-bond donors (Lipinski definition) is 0. The largest absolute Gasteiger partial charge is 0.469 e. The third-order valence-electron chi connectivity index (χ3n) is 3.77. The van der Waals surface area contributed by atoms with Gasteiger partial charge in [-0.05, 0) is 25.0 Å². The average Bonchev–Trinajstić information content (AvgIpc) is 3.21. The lowest BCUT2D eigenvalue weighted by molar-refractivity contribution is -0.140. The molecule has 0 bridgehead atoms. The monoisotopic (exact) mass is 309 g/mol. The first kappa shape index (κ1) is 16.5. The van der Waals surface area contributed by atoms with Crippen LogP contribution >= 0.6 is 0 Å². The Labute approximate surface area is 130 Å². The normalized spacial score (nSPS) is 17.5. The second-order valence-corrected chi connectivity index (χ2v) is 5.33. The van der Waals surface area contributed by atoms with Gasteiger partial charge in [-0.1, -0.05) is 6.92 Å². The molecule has 1 fully saturated rings. The van der Waals surface area contributed by atoms with Gasteiger partial charge in [-0.3, -0.25) is 9.59 Å². The molecule has 0 spiro atoms. The van der Waals surface area contributed by atoms with Gasteiger partial charge in [0, 0.05) is 26.1 Å². The van der Waals surface area contributed by atoms with Crippen LogP contribution in [0.25, 0.3) is 0 Å². The van der Waals surface area contributed by atoms with Crippen molar-refractivity contribution < 1.29 is 23.5 Å². The summed E-state index contributed by atoms with van der Waals surface area (Å²) in [6, 6.07) is 3.49. The number of carbonyl (C=O) groups excluding carboxylic acids is 2. The van der Waals surface area contributed by atoms with E-state index in [4.69, 9.17) is 9.15 Å². The van der Waals surface area contributed by atoms with E-state index in [1.54, 1.807) is 17.0 Å². The summed E-state index contributed by atoms with van der Waals surface area (Å²) in [5.74, 6) is 0.533. The number of amides is 1. The number of hydrogen-bond acceptors (Lipinski definition) is 5. The molecule has 1 aliphatic rings. The summed E-state index contributed by atoms with van der Waals surface area (Å²) < 4.78 is 15.8. The van der Waals surface area contributed by atoms with E-state index < -0.39 is 0 Å². The highest BCUT2D eigenvalue weighted by atomic mass is 16.5. The summed E-state index contributed by atoms with van der Waals surface area (Å²) in [4.78, 5) is 25.6. The standard InChI is InChI=1S/C16H23NO5/c1-3-12-6-7-14(22-12)16(19)17(9-8-15(18)20-2)11-13-5-4-10-21-13/h6-7,13H,3-5,8-11H2,1-2H3. The highest BCUT2D eigenvalue weighted by molar-refractivity contribution is 5.91. The van der Waals surface area contributed by atoms with Crippen molar-refractivity contribution in [1.29, 1.82) is 0 Å². The van der Waals surface area contributed by atoms with E-state index in [0.717, 1.165) is 31.6 Å². The topological polar surface area (TPSA) is 69.0 Å². The van der Waals surface area contributed by atoms with Crippen molar-refractivity contribution in [3.63, 3.8) is 0 Å². The van der Waals surface area contributed by atoms with Gasteiger partial charge in [-0.15, -0.1) is 0 Å². The van der Waals surface area contributed by atoms with Gasteiger partial charge >= 0.3 is 5.97 Å². The summed E-state index contributed by atoms with van der Waals surface area (Å²) in [5, 5.41) is 0. The zero-order valence-corrected chi connectivity index (χ0v) is 13.2. The Balaban J connectivity index is 2.03. The predicted octanol–water partition coefficient (Wildman–Crippen LogP) is 2.03. The van der Waals surface area contributed by atoms with Gasteiger partial charge in [0.15, 0.2) is 5.76 Å². The van der Waals surface area contributed by atoms with Crippen molar-refractivity contribution in [2.45, 2.75) is 38.7 Å². The lowest BCUT2D eigenvalue weighted by Crippen LogP contribution is -2.38. The number of furan rings is 1. The van der Waals surface area contributed by atoms with Crippen molar-refractivity contribution in [1.82, 2.24) is 4.90 Å². The minimum absolute atomic E-state index is 0.0298. The second kappa shape index (κ2) is 7.98. The van der Waals surface area contributed by atoms with Crippen LogP contribution in [0.4, 0.5) is 0 Å². The molecule has 0 N–H and O–H groups in total. The maximum Gasteiger partial charge on any atom is 0.307 e. The molecule has 1 aliphatic heterocycles. The van der Waals surface area contributed by atoms with Crippen LogP contribution < -0.4 is 0 Å². The Morgan fingerprint density at radius 1 is 1.41 bits per heavy atom. The minimum Gasteiger partial charge on any atom is -0.469 e. The van der Waals surface area contributed by atoms with Gasteiger partial charge in [0.2, 0.25) is 0 Å². The van der Waals surface area contributed by atoms with Crippen LogP contribution in [-0.2, 0) is 20.7 Å². The fourth-order valence-electron chi connectivity index (χ4n) is 2.48. The highest BCUT2D eigenvalue weighted by Gasteiger charge is 2.25. The molecule has 1 atom stereocenters. The number of esters is 1. The third kappa shape index (κ3) is 4.34. The Morgan fingerprint density at radius 3 is 2.82 bits per heavy atom. The van der Waals surface area contributed by atoms with Crippen LogP contribution in [0.5, 0.6) is 0 Å². The molecule has 122 valence electrons. The number of methoxy groups -OCH3 is 1. The molecule has 6 heteroatoms. The highest BCUT2D eigenvalue weighted by Crippen LogP contribution is 2.17. The van der Waals surface area contributed by atoms with Crippen LogP contribution in [-0.4, -0.2) is 49.7 Å². The van der Waals surface area contributed by atoms with Crippen LogP contribution in [0.1, 0.15) is 42.5 Å². The van der Waals surface area contributed by atoms with E-state index in [1.165, 1.54) is 7.11 Å². The molecule has 0 aliphatic carbocycles. The van der Waals surface area contributed by atoms with Gasteiger partial charge < -0.3 is 18.8 Å². The summed E-state index contributed by atoms with van der Waals surface area (Å²) >= 11 is 0. The number of carbonyl (C=O) groups is 2. The molecule has 1 aromatic heterocycles. The van der Waals surface area contributed by atoms with E-state index in [1.807, 2.05) is 6.92 Å². The smallest absolute Gasteiger partial charge is 0.307 e. The predicted molar refractivity (Wildman–Crippen MR) is 79.6 cm³/mol. The first-order chi connectivity index (χ1) is 10.6. The lowest BCUT2D eigenvalue weighted by Gasteiger charge is -2.24. The maximum atomic E-state index is 12.6. The molecule has 6 nitrogen and oxygen atoms in total. The third-order valence-corrected chi connectivity index (χ3v) is 3.77. The SMILES string of the molecule is CCc1ccc(C(=O)N(CCC(=O)OC)CC2CCCO2)o1. The van der Waals surface area contributed by atoms with E-state index in [2.05, 4.69) is 4.74 Å². The second-order valence-electron chi connectivity index (χ2n) is 5.33. The summed E-state index contributed by atoms with van der Waals surface area (Å²) in [5.41, 5.74) is 0. The maximum absolute atomic E-state index is 12.6. The van der Waals surface area contributed by atoms with Crippen molar-refractivity contribution in [3.8, 4) is 0 Å². The Hall–Kier alpha value is -1.82. The molecule has 0 radical (unpaired) electrons. The Bertz CT molecular complexity index is 504. The molecule has 1 unspecified atom stereocenters. The van der Waals surface area contributed by atoms with Crippen molar-refractivity contribution in [2.75, 3.05) is 26.8 Å². The Kier molecular flexibility index (Phi) is 6.00. The molecule has 0 saturated carbocycles. The molecule has 22 heavy (non-hydrogen) atoms. The Morgan fingerprint density at radius 2 is 2.23 bits per heavy atom. The molecular weight excluding hydrogens is 286 g/mol. The zero-order chi connectivity index (χ0) is 15.9. The number of ether oxygens (including phenoxy) is 2. The quantitative estimate of drug-likeness (QED) is 0.721. The average molecular weight is 309 g/mol. The molecule has 0 aromatic carbocycles. The summed E-state index contributed by atoms with van der Waals surface area (Å²) in [6.07, 6.45) is 2.87. The lowest BCUT2D eigenvalue weighted by atomic mass is 10.2. The van der Waals surface area contributed by atoms with E-state index in [0.29, 0.717) is 18.8 Å². The summed E-state index contributed by atoms with van der Waals surface area (Å²) in [6.45, 7) is 3.46. The van der Waals surface area contributed by atoms with E-state index in [9.17, 15) is 9.59 Å². The minimum atomic E-state index is -0.334. The van der Waals surface area contributed by atoms with Gasteiger partial charge in [0.25, 0.3) is 5.91 Å². The van der Waals surface area contributed by atoms with Crippen LogP contribution in [0, 0.1) is 0 Å². The number of aryl methyl sites for hydroxylation is 1. The van der Waals surface area contributed by atoms with Crippen LogP contribution in [0.15, 0.2) is 16.5 Å².